The number of likely N-dealkylation sites (tertiary alicyclic amines) is 1. The number of esters is 1. The van der Waals surface area contributed by atoms with Crippen molar-refractivity contribution < 1.29 is 18.7 Å². The lowest BCUT2D eigenvalue weighted by atomic mass is 10.1. The molecule has 0 aliphatic carbocycles. The van der Waals surface area contributed by atoms with Crippen molar-refractivity contribution in [3.05, 3.63) is 65.7 Å². The van der Waals surface area contributed by atoms with Crippen molar-refractivity contribution >= 4 is 17.7 Å². The van der Waals surface area contributed by atoms with Crippen LogP contribution in [0.15, 0.2) is 53.1 Å². The quantitative estimate of drug-likeness (QED) is 0.581. The van der Waals surface area contributed by atoms with E-state index in [2.05, 4.69) is 15.3 Å². The molecule has 0 radical (unpaired) electrons. The summed E-state index contributed by atoms with van der Waals surface area (Å²) in [5.41, 5.74) is 0.887. The molecule has 8 heteroatoms. The maximum atomic E-state index is 12.9. The summed E-state index contributed by atoms with van der Waals surface area (Å²) < 4.78 is 12.4. The summed E-state index contributed by atoms with van der Waals surface area (Å²) in [4.78, 5) is 27.6. The zero-order valence-electron chi connectivity index (χ0n) is 17.5. The number of nitrogens with zero attached hydrogens (tertiary/aromatic N) is 3. The highest BCUT2D eigenvalue weighted by molar-refractivity contribution is 6.06. The van der Waals surface area contributed by atoms with Gasteiger partial charge in [0.05, 0.1) is 25.0 Å². The third kappa shape index (κ3) is 4.86. The smallest absolute Gasteiger partial charge is 0.343 e. The van der Waals surface area contributed by atoms with Crippen LogP contribution in [-0.2, 0) is 11.3 Å². The van der Waals surface area contributed by atoms with E-state index in [1.54, 1.807) is 13.0 Å². The van der Waals surface area contributed by atoms with Crippen LogP contribution in [0.5, 0.6) is 0 Å². The Morgan fingerprint density at radius 1 is 1.10 bits per heavy atom. The fourth-order valence-corrected chi connectivity index (χ4v) is 3.68. The number of carbonyl (C=O) groups excluding carboxylic acids is 2. The molecule has 31 heavy (non-hydrogen) atoms. The topological polar surface area (TPSA) is 89.6 Å². The molecule has 1 saturated heterocycles. The number of anilines is 1. The maximum absolute atomic E-state index is 12.9. The molecule has 2 aromatic heterocycles. The standard InChI is InChI=1S/C23H26N4O4/c1-2-30-23(29)19-15-24-27(17-9-5-3-6-10-17)21(19)25-22(28)20-12-11-18(31-20)16-26-13-7-4-8-14-26/h3,5-6,9-12,15H,2,4,7-8,13-14,16H2,1H3,(H,25,28). The van der Waals surface area contributed by atoms with E-state index in [1.165, 1.54) is 30.1 Å². The van der Waals surface area contributed by atoms with Crippen LogP contribution < -0.4 is 5.32 Å². The summed E-state index contributed by atoms with van der Waals surface area (Å²) in [7, 11) is 0. The Hall–Kier alpha value is -3.39. The Morgan fingerprint density at radius 2 is 1.87 bits per heavy atom. The molecule has 162 valence electrons. The van der Waals surface area contributed by atoms with E-state index in [-0.39, 0.29) is 23.7 Å². The molecule has 1 N–H and O–H groups in total. The van der Waals surface area contributed by atoms with Crippen LogP contribution in [0.4, 0.5) is 5.82 Å². The van der Waals surface area contributed by atoms with Gasteiger partial charge in [0, 0.05) is 0 Å². The number of nitrogens with one attached hydrogen (secondary N) is 1. The second kappa shape index (κ2) is 9.61. The monoisotopic (exact) mass is 422 g/mol. The van der Waals surface area contributed by atoms with E-state index in [0.29, 0.717) is 12.2 Å². The van der Waals surface area contributed by atoms with Gasteiger partial charge in [-0.1, -0.05) is 24.6 Å². The number of furan rings is 1. The molecule has 0 atom stereocenters. The summed E-state index contributed by atoms with van der Waals surface area (Å²) in [6, 6.07) is 12.7. The molecule has 1 aliphatic rings. The van der Waals surface area contributed by atoms with Gasteiger partial charge in [0.25, 0.3) is 5.91 Å². The van der Waals surface area contributed by atoms with E-state index in [4.69, 9.17) is 9.15 Å². The van der Waals surface area contributed by atoms with Gasteiger partial charge in [-0.05, 0) is 57.1 Å². The van der Waals surface area contributed by atoms with Crippen LogP contribution in [0.1, 0.15) is 52.9 Å². The molecule has 3 aromatic rings. The zero-order chi connectivity index (χ0) is 21.6. The lowest BCUT2D eigenvalue weighted by Gasteiger charge is -2.25. The summed E-state index contributed by atoms with van der Waals surface area (Å²) in [6.45, 7) is 4.72. The number of carbonyl (C=O) groups is 2. The zero-order valence-corrected chi connectivity index (χ0v) is 17.5. The van der Waals surface area contributed by atoms with Gasteiger partial charge in [0.15, 0.2) is 11.6 Å². The molecule has 1 fully saturated rings. The van der Waals surface area contributed by atoms with Crippen LogP contribution in [0.25, 0.3) is 5.69 Å². The Kier molecular flexibility index (Phi) is 6.47. The fraction of sp³-hybridized carbons (Fsp3) is 0.348. The highest BCUT2D eigenvalue weighted by Crippen LogP contribution is 2.23. The molecule has 1 aliphatic heterocycles. The number of amides is 1. The highest BCUT2D eigenvalue weighted by Gasteiger charge is 2.23. The fourth-order valence-electron chi connectivity index (χ4n) is 3.68. The largest absolute Gasteiger partial charge is 0.462 e. The van der Waals surface area contributed by atoms with Gasteiger partial charge in [-0.15, -0.1) is 0 Å². The predicted octanol–water partition coefficient (Wildman–Crippen LogP) is 3.88. The van der Waals surface area contributed by atoms with Gasteiger partial charge >= 0.3 is 5.97 Å². The normalized spacial score (nSPS) is 14.4. The van der Waals surface area contributed by atoms with E-state index < -0.39 is 11.9 Å². The average Bonchev–Trinajstić information content (AvgIpc) is 3.43. The molecule has 1 amide bonds. The molecule has 0 saturated carbocycles. The van der Waals surface area contributed by atoms with Gasteiger partial charge in [-0.3, -0.25) is 9.69 Å². The molecular formula is C23H26N4O4. The minimum Gasteiger partial charge on any atom is -0.462 e. The van der Waals surface area contributed by atoms with Crippen LogP contribution in [0.2, 0.25) is 0 Å². The summed E-state index contributed by atoms with van der Waals surface area (Å²) in [5.74, 6) is 0.166. The molecule has 8 nitrogen and oxygen atoms in total. The van der Waals surface area contributed by atoms with Crippen molar-refractivity contribution in [3.8, 4) is 5.69 Å². The molecule has 4 rings (SSSR count). The van der Waals surface area contributed by atoms with Crippen molar-refractivity contribution in [2.24, 2.45) is 0 Å². The minimum atomic E-state index is -0.551. The lowest BCUT2D eigenvalue weighted by Crippen LogP contribution is -2.28. The predicted molar refractivity (Wildman–Crippen MR) is 115 cm³/mol. The van der Waals surface area contributed by atoms with Gasteiger partial charge in [-0.25, -0.2) is 9.48 Å². The number of piperidine rings is 1. The highest BCUT2D eigenvalue weighted by atomic mass is 16.5. The number of para-hydroxylation sites is 1. The van der Waals surface area contributed by atoms with Gasteiger partial charge in [0.1, 0.15) is 11.3 Å². The average molecular weight is 422 g/mol. The van der Waals surface area contributed by atoms with Crippen LogP contribution in [-0.4, -0.2) is 46.3 Å². The summed E-state index contributed by atoms with van der Waals surface area (Å²) in [5, 5.41) is 7.07. The maximum Gasteiger partial charge on any atom is 0.343 e. The first-order valence-electron chi connectivity index (χ1n) is 10.6. The van der Waals surface area contributed by atoms with Gasteiger partial charge < -0.3 is 14.5 Å². The SMILES string of the molecule is CCOC(=O)c1cnn(-c2ccccc2)c1NC(=O)c1ccc(CN2CCCCC2)o1. The van der Waals surface area contributed by atoms with E-state index in [9.17, 15) is 9.59 Å². The molecule has 0 unspecified atom stereocenters. The number of hydrogen-bond donors (Lipinski definition) is 1. The number of benzene rings is 1. The first-order chi connectivity index (χ1) is 15.2. The number of hydrogen-bond acceptors (Lipinski definition) is 6. The number of rotatable bonds is 7. The Bertz CT molecular complexity index is 1040. The Labute approximate surface area is 180 Å². The summed E-state index contributed by atoms with van der Waals surface area (Å²) in [6.07, 6.45) is 5.03. The molecule has 3 heterocycles. The van der Waals surface area contributed by atoms with Crippen LogP contribution >= 0.6 is 0 Å². The van der Waals surface area contributed by atoms with Crippen molar-refractivity contribution in [2.45, 2.75) is 32.7 Å². The van der Waals surface area contributed by atoms with Crippen LogP contribution in [0, 0.1) is 0 Å². The number of ether oxygens (including phenoxy) is 1. The van der Waals surface area contributed by atoms with Gasteiger partial charge in [-0.2, -0.15) is 5.10 Å². The Balaban J connectivity index is 1.55. The van der Waals surface area contributed by atoms with Crippen LogP contribution in [0.3, 0.4) is 0 Å². The Morgan fingerprint density at radius 3 is 2.61 bits per heavy atom. The third-order valence-corrected chi connectivity index (χ3v) is 5.21. The van der Waals surface area contributed by atoms with Crippen molar-refractivity contribution in [1.82, 2.24) is 14.7 Å². The van der Waals surface area contributed by atoms with Crippen molar-refractivity contribution in [2.75, 3.05) is 25.0 Å². The molecule has 1 aromatic carbocycles. The third-order valence-electron chi connectivity index (χ3n) is 5.21. The molecule has 0 spiro atoms. The molecular weight excluding hydrogens is 396 g/mol. The second-order valence-electron chi connectivity index (χ2n) is 7.43. The molecule has 0 bridgehead atoms. The summed E-state index contributed by atoms with van der Waals surface area (Å²) >= 11 is 0. The van der Waals surface area contributed by atoms with Gasteiger partial charge in [0.2, 0.25) is 0 Å². The number of aromatic nitrogens is 2. The van der Waals surface area contributed by atoms with E-state index >= 15 is 0 Å². The first-order valence-corrected chi connectivity index (χ1v) is 10.6. The van der Waals surface area contributed by atoms with E-state index in [0.717, 1.165) is 18.8 Å². The lowest BCUT2D eigenvalue weighted by molar-refractivity contribution is 0.0527. The first kappa shape index (κ1) is 20.9. The van der Waals surface area contributed by atoms with Crippen molar-refractivity contribution in [1.29, 1.82) is 0 Å². The minimum absolute atomic E-state index is 0.180. The van der Waals surface area contributed by atoms with E-state index in [1.807, 2.05) is 36.4 Å². The van der Waals surface area contributed by atoms with Crippen molar-refractivity contribution in [3.63, 3.8) is 0 Å². The second-order valence-corrected chi connectivity index (χ2v) is 7.43.